The lowest BCUT2D eigenvalue weighted by molar-refractivity contribution is -0.124. The number of nitrogens with one attached hydrogen (secondary N) is 3. The number of ether oxygens (including phenoxy) is 1. The summed E-state index contributed by atoms with van der Waals surface area (Å²) < 4.78 is 7.84. The molecule has 2 aliphatic rings. The molecule has 0 radical (unpaired) electrons. The van der Waals surface area contributed by atoms with Crippen LogP contribution in [-0.2, 0) is 11.3 Å². The summed E-state index contributed by atoms with van der Waals surface area (Å²) >= 11 is 0. The number of hydrogen-bond acceptors (Lipinski definition) is 5. The summed E-state index contributed by atoms with van der Waals surface area (Å²) in [5, 5.41) is 3.00. The highest BCUT2D eigenvalue weighted by atomic mass is 16.5. The largest absolute Gasteiger partial charge is 0.493 e. The maximum absolute atomic E-state index is 12.5. The number of carbonyl (C=O) groups is 1. The van der Waals surface area contributed by atoms with Crippen molar-refractivity contribution in [3.05, 3.63) is 48.0 Å². The lowest BCUT2D eigenvalue weighted by Gasteiger charge is -2.29. The number of benzene rings is 1. The molecule has 3 atom stereocenters. The van der Waals surface area contributed by atoms with E-state index in [9.17, 15) is 4.79 Å². The number of hydrogen-bond donors (Lipinski definition) is 3. The van der Waals surface area contributed by atoms with Crippen LogP contribution in [-0.4, -0.2) is 34.7 Å². The minimum absolute atomic E-state index is 0.00394. The first kappa shape index (κ1) is 15.2. The molecule has 0 saturated carbocycles. The number of hydrazine groups is 1. The Kier molecular flexibility index (Phi) is 3.95. The van der Waals surface area contributed by atoms with Crippen molar-refractivity contribution in [3.8, 4) is 5.75 Å². The summed E-state index contributed by atoms with van der Waals surface area (Å²) in [6, 6.07) is 7.77. The Bertz CT molecular complexity index is 744. The first-order valence-electron chi connectivity index (χ1n) is 8.22. The fourth-order valence-corrected chi connectivity index (χ4v) is 3.45. The molecule has 1 aromatic heterocycles. The van der Waals surface area contributed by atoms with Crippen molar-refractivity contribution < 1.29 is 9.53 Å². The molecular formula is C17H21N5O2. The summed E-state index contributed by atoms with van der Waals surface area (Å²) in [7, 11) is 0. The Hall–Kier alpha value is -2.38. The molecule has 2 aromatic rings. The maximum atomic E-state index is 12.5. The second-order valence-corrected chi connectivity index (χ2v) is 6.22. The molecular weight excluding hydrogens is 306 g/mol. The average Bonchev–Trinajstić information content (AvgIpc) is 3.21. The Balaban J connectivity index is 1.37. The monoisotopic (exact) mass is 327 g/mol. The number of carbonyl (C=O) groups excluding carboxylic acids is 1. The lowest BCUT2D eigenvalue weighted by atomic mass is 9.87. The van der Waals surface area contributed by atoms with Crippen LogP contribution in [0.4, 0.5) is 0 Å². The van der Waals surface area contributed by atoms with E-state index in [1.165, 1.54) is 0 Å². The van der Waals surface area contributed by atoms with Gasteiger partial charge in [-0.1, -0.05) is 18.2 Å². The highest BCUT2D eigenvalue weighted by Gasteiger charge is 2.44. The fraction of sp³-hybridized carbons (Fsp3) is 0.412. The van der Waals surface area contributed by atoms with Crippen LogP contribution in [0.2, 0.25) is 0 Å². The number of imidazole rings is 1. The first-order chi connectivity index (χ1) is 11.7. The van der Waals surface area contributed by atoms with E-state index in [1.54, 1.807) is 6.20 Å². The second-order valence-electron chi connectivity index (χ2n) is 6.22. The van der Waals surface area contributed by atoms with Gasteiger partial charge in [0, 0.05) is 37.0 Å². The van der Waals surface area contributed by atoms with Crippen LogP contribution >= 0.6 is 0 Å². The van der Waals surface area contributed by atoms with Crippen molar-refractivity contribution in [2.24, 2.45) is 5.92 Å². The minimum atomic E-state index is -0.299. The van der Waals surface area contributed by atoms with Crippen molar-refractivity contribution in [2.75, 3.05) is 13.2 Å². The summed E-state index contributed by atoms with van der Waals surface area (Å²) in [6.45, 7) is 3.76. The molecule has 3 N–H and O–H groups in total. The van der Waals surface area contributed by atoms with E-state index in [0.717, 1.165) is 17.1 Å². The van der Waals surface area contributed by atoms with Gasteiger partial charge in [-0.3, -0.25) is 4.79 Å². The maximum Gasteiger partial charge on any atom is 0.239 e. The van der Waals surface area contributed by atoms with Gasteiger partial charge in [-0.05, 0) is 13.0 Å². The third-order valence-electron chi connectivity index (χ3n) is 4.79. The molecule has 3 unspecified atom stereocenters. The summed E-state index contributed by atoms with van der Waals surface area (Å²) in [5.74, 6) is 1.91. The molecule has 2 aliphatic heterocycles. The van der Waals surface area contributed by atoms with E-state index >= 15 is 0 Å². The van der Waals surface area contributed by atoms with Crippen LogP contribution in [0.3, 0.4) is 0 Å². The smallest absolute Gasteiger partial charge is 0.239 e. The lowest BCUT2D eigenvalue weighted by Crippen LogP contribution is -2.47. The first-order valence-corrected chi connectivity index (χ1v) is 8.22. The van der Waals surface area contributed by atoms with Gasteiger partial charge in [0.25, 0.3) is 0 Å². The molecule has 126 valence electrons. The molecule has 7 nitrogen and oxygen atoms in total. The zero-order chi connectivity index (χ0) is 16.5. The van der Waals surface area contributed by atoms with Crippen LogP contribution in [0, 0.1) is 12.8 Å². The summed E-state index contributed by atoms with van der Waals surface area (Å²) in [6.07, 6.45) is 3.68. The molecule has 1 fully saturated rings. The zero-order valence-electron chi connectivity index (χ0n) is 13.5. The number of aryl methyl sites for hydroxylation is 1. The normalized spacial score (nSPS) is 24.8. The average molecular weight is 327 g/mol. The van der Waals surface area contributed by atoms with Gasteiger partial charge in [-0.15, -0.1) is 0 Å². The number of amides is 1. The van der Waals surface area contributed by atoms with Gasteiger partial charge in [0.15, 0.2) is 0 Å². The van der Waals surface area contributed by atoms with Crippen molar-refractivity contribution in [3.63, 3.8) is 0 Å². The molecule has 0 bridgehead atoms. The second kappa shape index (κ2) is 6.26. The summed E-state index contributed by atoms with van der Waals surface area (Å²) in [5.41, 5.74) is 7.49. The molecule has 0 spiro atoms. The van der Waals surface area contributed by atoms with Crippen molar-refractivity contribution in [1.82, 2.24) is 25.7 Å². The number of fused-ring (bicyclic) bond motifs is 3. The molecule has 7 heteroatoms. The Morgan fingerprint density at radius 3 is 3.12 bits per heavy atom. The summed E-state index contributed by atoms with van der Waals surface area (Å²) in [4.78, 5) is 16.7. The zero-order valence-corrected chi connectivity index (χ0v) is 13.5. The van der Waals surface area contributed by atoms with Crippen molar-refractivity contribution in [1.29, 1.82) is 0 Å². The molecule has 1 saturated heterocycles. The van der Waals surface area contributed by atoms with E-state index < -0.39 is 0 Å². The van der Waals surface area contributed by atoms with Gasteiger partial charge in [0.05, 0.1) is 12.6 Å². The standard InChI is InChI=1S/C17H21N5O2/c1-11-18-6-8-22(11)9-7-19-17(23)16-13-10-24-14-5-3-2-4-12(14)15(13)20-21-16/h2-6,8,13,15-16,20-21H,7,9-10H2,1H3,(H,19,23). The van der Waals surface area contributed by atoms with Gasteiger partial charge in [-0.2, -0.15) is 0 Å². The van der Waals surface area contributed by atoms with E-state index in [4.69, 9.17) is 4.74 Å². The number of para-hydroxylation sites is 1. The minimum Gasteiger partial charge on any atom is -0.493 e. The Morgan fingerprint density at radius 2 is 2.29 bits per heavy atom. The highest BCUT2D eigenvalue weighted by molar-refractivity contribution is 5.82. The van der Waals surface area contributed by atoms with Crippen LogP contribution in [0.25, 0.3) is 0 Å². The van der Waals surface area contributed by atoms with Gasteiger partial charge >= 0.3 is 0 Å². The van der Waals surface area contributed by atoms with E-state index in [2.05, 4.69) is 21.2 Å². The van der Waals surface area contributed by atoms with Crippen LogP contribution in [0.15, 0.2) is 36.7 Å². The molecule has 1 aromatic carbocycles. The topological polar surface area (TPSA) is 80.2 Å². The van der Waals surface area contributed by atoms with Gasteiger partial charge < -0.3 is 14.6 Å². The number of rotatable bonds is 4. The predicted octanol–water partition coefficient (Wildman–Crippen LogP) is 0.534. The van der Waals surface area contributed by atoms with Gasteiger partial charge in [-0.25, -0.2) is 15.8 Å². The van der Waals surface area contributed by atoms with Crippen LogP contribution in [0.1, 0.15) is 17.4 Å². The Morgan fingerprint density at radius 1 is 1.42 bits per heavy atom. The SMILES string of the molecule is Cc1nccn1CCNC(=O)C1NNC2c3ccccc3OCC12. The third kappa shape index (κ3) is 2.65. The molecule has 3 heterocycles. The highest BCUT2D eigenvalue weighted by Crippen LogP contribution is 2.38. The molecule has 0 aliphatic carbocycles. The van der Waals surface area contributed by atoms with Gasteiger partial charge in [0.2, 0.25) is 5.91 Å². The van der Waals surface area contributed by atoms with Crippen LogP contribution < -0.4 is 20.9 Å². The van der Waals surface area contributed by atoms with Gasteiger partial charge in [0.1, 0.15) is 17.6 Å². The van der Waals surface area contributed by atoms with E-state index in [-0.39, 0.29) is 23.9 Å². The van der Waals surface area contributed by atoms with E-state index in [0.29, 0.717) is 19.7 Å². The molecule has 4 rings (SSSR count). The van der Waals surface area contributed by atoms with E-state index in [1.807, 2.05) is 42.0 Å². The predicted molar refractivity (Wildman–Crippen MR) is 88.2 cm³/mol. The van der Waals surface area contributed by atoms with Crippen LogP contribution in [0.5, 0.6) is 5.75 Å². The molecule has 1 amide bonds. The Labute approximate surface area is 140 Å². The fourth-order valence-electron chi connectivity index (χ4n) is 3.45. The number of aromatic nitrogens is 2. The van der Waals surface area contributed by atoms with Crippen molar-refractivity contribution in [2.45, 2.75) is 25.6 Å². The number of nitrogens with zero attached hydrogens (tertiary/aromatic N) is 2. The van der Waals surface area contributed by atoms with Crippen molar-refractivity contribution >= 4 is 5.91 Å². The quantitative estimate of drug-likeness (QED) is 0.763. The molecule has 24 heavy (non-hydrogen) atoms. The third-order valence-corrected chi connectivity index (χ3v) is 4.79.